The Labute approximate surface area is 220 Å². The van der Waals surface area contributed by atoms with Crippen LogP contribution in [0.15, 0.2) is 95.0 Å². The zero-order valence-electron chi connectivity index (χ0n) is 19.0. The highest BCUT2D eigenvalue weighted by Gasteiger charge is 2.27. The molecule has 0 aliphatic carbocycles. The van der Waals surface area contributed by atoms with E-state index in [1.54, 1.807) is 11.8 Å². The molecule has 0 saturated carbocycles. The third-order valence-electron chi connectivity index (χ3n) is 6.33. The second-order valence-corrected chi connectivity index (χ2v) is 9.68. The molecule has 1 aliphatic rings. The predicted octanol–water partition coefficient (Wildman–Crippen LogP) is 3.15. The second kappa shape index (κ2) is 9.07. The first-order valence-corrected chi connectivity index (χ1v) is 12.0. The van der Waals surface area contributed by atoms with Crippen molar-refractivity contribution in [3.63, 3.8) is 0 Å². The van der Waals surface area contributed by atoms with Crippen molar-refractivity contribution in [2.45, 2.75) is 29.7 Å². The molecule has 3 heterocycles. The van der Waals surface area contributed by atoms with Crippen molar-refractivity contribution >= 4 is 50.8 Å². The molecule has 2 aromatic heterocycles. The lowest BCUT2D eigenvalue weighted by atomic mass is 10.1. The smallest absolute Gasteiger partial charge is 0.233 e. The van der Waals surface area contributed by atoms with E-state index in [1.807, 2.05) is 48.3 Å². The maximum absolute atomic E-state index is 13.7. The molecule has 170 valence electrons. The van der Waals surface area contributed by atoms with Crippen molar-refractivity contribution in [3.05, 3.63) is 90.8 Å². The minimum Gasteiger partial charge on any atom is -1.00 e. The molecule has 0 radical (unpaired) electrons. The number of halogens is 1. The lowest BCUT2D eigenvalue weighted by Gasteiger charge is -2.31. The van der Waals surface area contributed by atoms with Gasteiger partial charge in [-0.05, 0) is 43.3 Å². The van der Waals surface area contributed by atoms with Crippen molar-refractivity contribution in [2.75, 3.05) is 4.90 Å². The number of amides is 1. The number of aryl methyl sites for hydroxylation is 3. The number of para-hydroxylation sites is 2. The fourth-order valence-electron chi connectivity index (χ4n) is 4.80. The van der Waals surface area contributed by atoms with Crippen LogP contribution in [0.4, 0.5) is 11.4 Å². The summed E-state index contributed by atoms with van der Waals surface area (Å²) in [5.74, 6) is 0.110. The van der Waals surface area contributed by atoms with Gasteiger partial charge in [0.25, 0.3) is 0 Å². The van der Waals surface area contributed by atoms with E-state index in [-0.39, 0.29) is 29.9 Å². The Kier molecular flexibility index (Phi) is 6.12. The van der Waals surface area contributed by atoms with Gasteiger partial charge in [0.1, 0.15) is 7.05 Å². The average Bonchev–Trinajstić information content (AvgIpc) is 3.12. The SMILES string of the molecule is Cc1ccc2c(c1)c1c[n+](C)ccc1n2CCC(=O)N1c2ccccc2Sc2ccccc21.[I-]. The molecule has 0 N–H and O–H groups in total. The number of benzene rings is 3. The number of carbonyl (C=O) groups is 1. The van der Waals surface area contributed by atoms with E-state index in [1.165, 1.54) is 21.9 Å². The molecule has 1 aliphatic heterocycles. The molecule has 0 fully saturated rings. The molecule has 0 atom stereocenters. The molecule has 1 amide bonds. The number of anilines is 2. The number of pyridine rings is 1. The maximum Gasteiger partial charge on any atom is 0.233 e. The highest BCUT2D eigenvalue weighted by Crippen LogP contribution is 2.48. The van der Waals surface area contributed by atoms with E-state index < -0.39 is 0 Å². The van der Waals surface area contributed by atoms with Gasteiger partial charge in [-0.1, -0.05) is 47.7 Å². The minimum absolute atomic E-state index is 0. The number of hydrogen-bond acceptors (Lipinski definition) is 2. The highest BCUT2D eigenvalue weighted by molar-refractivity contribution is 7.99. The summed E-state index contributed by atoms with van der Waals surface area (Å²) >= 11 is 1.72. The Morgan fingerprint density at radius 2 is 1.53 bits per heavy atom. The topological polar surface area (TPSA) is 29.1 Å². The van der Waals surface area contributed by atoms with Crippen LogP contribution in [0.1, 0.15) is 12.0 Å². The summed E-state index contributed by atoms with van der Waals surface area (Å²) in [4.78, 5) is 17.8. The first-order valence-electron chi connectivity index (χ1n) is 11.2. The van der Waals surface area contributed by atoms with E-state index in [9.17, 15) is 4.79 Å². The van der Waals surface area contributed by atoms with Crippen molar-refractivity contribution < 1.29 is 33.3 Å². The van der Waals surface area contributed by atoms with E-state index in [0.717, 1.165) is 26.7 Å². The lowest BCUT2D eigenvalue weighted by molar-refractivity contribution is -0.670. The Hall–Kier alpha value is -2.84. The summed E-state index contributed by atoms with van der Waals surface area (Å²) in [5, 5.41) is 2.45. The van der Waals surface area contributed by atoms with Gasteiger partial charge < -0.3 is 28.5 Å². The van der Waals surface area contributed by atoms with E-state index >= 15 is 0 Å². The molecule has 34 heavy (non-hydrogen) atoms. The van der Waals surface area contributed by atoms with Crippen LogP contribution in [0.2, 0.25) is 0 Å². The third-order valence-corrected chi connectivity index (χ3v) is 7.46. The van der Waals surface area contributed by atoms with Gasteiger partial charge in [0.15, 0.2) is 12.4 Å². The van der Waals surface area contributed by atoms with Crippen LogP contribution in [0, 0.1) is 6.92 Å². The van der Waals surface area contributed by atoms with Gasteiger partial charge in [-0.15, -0.1) is 0 Å². The minimum atomic E-state index is 0. The molecule has 0 saturated heterocycles. The van der Waals surface area contributed by atoms with Gasteiger partial charge in [0.2, 0.25) is 5.91 Å². The molecule has 0 unspecified atom stereocenters. The van der Waals surface area contributed by atoms with Crippen LogP contribution < -0.4 is 33.4 Å². The molecule has 6 heteroatoms. The molecule has 6 rings (SSSR count). The molecule has 3 aromatic carbocycles. The molecule has 0 bridgehead atoms. The quantitative estimate of drug-likeness (QED) is 0.244. The number of hydrogen-bond donors (Lipinski definition) is 0. The summed E-state index contributed by atoms with van der Waals surface area (Å²) < 4.78 is 4.37. The lowest BCUT2D eigenvalue weighted by Crippen LogP contribution is -3.00. The third kappa shape index (κ3) is 3.79. The van der Waals surface area contributed by atoms with Crippen LogP contribution in [0.25, 0.3) is 21.8 Å². The fourth-order valence-corrected chi connectivity index (χ4v) is 5.86. The largest absolute Gasteiger partial charge is 1.00 e. The van der Waals surface area contributed by atoms with Crippen molar-refractivity contribution in [3.8, 4) is 0 Å². The normalized spacial score (nSPS) is 12.4. The van der Waals surface area contributed by atoms with Gasteiger partial charge in [0, 0.05) is 39.7 Å². The Bertz CT molecular complexity index is 1450. The van der Waals surface area contributed by atoms with Crippen LogP contribution in [0.5, 0.6) is 0 Å². The molecule has 0 spiro atoms. The molecular formula is C28H24IN3OS. The predicted molar refractivity (Wildman–Crippen MR) is 134 cm³/mol. The monoisotopic (exact) mass is 577 g/mol. The Morgan fingerprint density at radius 1 is 0.882 bits per heavy atom. The van der Waals surface area contributed by atoms with Crippen LogP contribution in [-0.4, -0.2) is 10.5 Å². The maximum atomic E-state index is 13.7. The summed E-state index contributed by atoms with van der Waals surface area (Å²) in [7, 11) is 2.05. The van der Waals surface area contributed by atoms with Crippen LogP contribution in [0.3, 0.4) is 0 Å². The second-order valence-electron chi connectivity index (χ2n) is 8.60. The summed E-state index contributed by atoms with van der Waals surface area (Å²) in [6, 6.07) is 25.0. The van der Waals surface area contributed by atoms with Crippen molar-refractivity contribution in [1.29, 1.82) is 0 Å². The first kappa shape index (κ1) is 22.9. The number of aromatic nitrogens is 2. The summed E-state index contributed by atoms with van der Waals surface area (Å²) in [6.07, 6.45) is 4.66. The highest BCUT2D eigenvalue weighted by atomic mass is 127. The zero-order valence-corrected chi connectivity index (χ0v) is 22.0. The van der Waals surface area contributed by atoms with Gasteiger partial charge >= 0.3 is 0 Å². The van der Waals surface area contributed by atoms with Gasteiger partial charge in [0.05, 0.1) is 22.3 Å². The van der Waals surface area contributed by atoms with Gasteiger partial charge in [-0.3, -0.25) is 9.69 Å². The van der Waals surface area contributed by atoms with Crippen molar-refractivity contribution in [1.82, 2.24) is 4.57 Å². The van der Waals surface area contributed by atoms with Crippen LogP contribution >= 0.6 is 11.8 Å². The summed E-state index contributed by atoms with van der Waals surface area (Å²) in [5.41, 5.74) is 5.51. The van der Waals surface area contributed by atoms with E-state index in [4.69, 9.17) is 0 Å². The molecular weight excluding hydrogens is 553 g/mol. The Balaban J connectivity index is 0.00000241. The average molecular weight is 577 g/mol. The standard InChI is InChI=1S/C28H24N3OS.HI/c1-19-11-12-22-20(17-19)21-18-29(2)15-13-23(21)30(22)16-14-28(32)31-24-7-3-5-9-26(24)33-27-10-6-4-8-25(27)31;/h3-13,15,17-18H,14,16H2,1-2H3;1H/q+1;/p-1. The van der Waals surface area contributed by atoms with Crippen molar-refractivity contribution in [2.24, 2.45) is 7.05 Å². The number of nitrogens with zero attached hydrogens (tertiary/aromatic N) is 3. The van der Waals surface area contributed by atoms with Gasteiger partial charge in [-0.25, -0.2) is 4.57 Å². The van der Waals surface area contributed by atoms with Gasteiger partial charge in [-0.2, -0.15) is 0 Å². The zero-order chi connectivity index (χ0) is 22.5. The molecule has 4 nitrogen and oxygen atoms in total. The van der Waals surface area contributed by atoms with Crippen LogP contribution in [-0.2, 0) is 18.4 Å². The number of rotatable bonds is 3. The fraction of sp³-hybridized carbons (Fsp3) is 0.143. The summed E-state index contributed by atoms with van der Waals surface area (Å²) in [6.45, 7) is 2.75. The first-order chi connectivity index (χ1) is 16.1. The molecule has 5 aromatic rings. The Morgan fingerprint density at radius 3 is 2.24 bits per heavy atom. The number of fused-ring (bicyclic) bond motifs is 5. The number of carbonyl (C=O) groups excluding carboxylic acids is 1. The van der Waals surface area contributed by atoms with E-state index in [0.29, 0.717) is 13.0 Å². The van der Waals surface area contributed by atoms with E-state index in [2.05, 4.69) is 64.8 Å².